The van der Waals surface area contributed by atoms with E-state index in [1.165, 1.54) is 141 Å². The van der Waals surface area contributed by atoms with E-state index in [4.69, 9.17) is 23.6 Å². The van der Waals surface area contributed by atoms with Gasteiger partial charge >= 0.3 is 13.8 Å². The molecule has 0 aliphatic rings. The number of ether oxygens (including phenoxy) is 2. The minimum absolute atomic E-state index is 0.0504. The van der Waals surface area contributed by atoms with Crippen LogP contribution in [-0.2, 0) is 27.9 Å². The number of phosphoric ester groups is 1. The molecule has 0 radical (unpaired) electrons. The predicted molar refractivity (Wildman–Crippen MR) is 215 cm³/mol. The van der Waals surface area contributed by atoms with Crippen LogP contribution in [0.2, 0.25) is 0 Å². The number of carbonyl (C=O) groups excluding carboxylic acids is 1. The number of aliphatic hydroxyl groups excluding tert-OH is 2. The van der Waals surface area contributed by atoms with E-state index in [1.54, 1.807) is 0 Å². The third-order valence-corrected chi connectivity index (χ3v) is 10.4. The zero-order chi connectivity index (χ0) is 38.2. The number of phosphoric acid groups is 1. The molecule has 0 saturated carbocycles. The molecule has 0 saturated heterocycles. The van der Waals surface area contributed by atoms with Crippen LogP contribution < -0.4 is 0 Å². The highest BCUT2D eigenvalue weighted by Gasteiger charge is 2.26. The summed E-state index contributed by atoms with van der Waals surface area (Å²) in [7, 11) is -4.51. The van der Waals surface area contributed by atoms with Crippen molar-refractivity contribution < 1.29 is 43.0 Å². The summed E-state index contributed by atoms with van der Waals surface area (Å²) >= 11 is 0. The van der Waals surface area contributed by atoms with Crippen molar-refractivity contribution in [1.82, 2.24) is 0 Å². The van der Waals surface area contributed by atoms with E-state index in [0.717, 1.165) is 44.9 Å². The second kappa shape index (κ2) is 39.9. The van der Waals surface area contributed by atoms with Crippen molar-refractivity contribution in [2.24, 2.45) is 0 Å². The largest absolute Gasteiger partial charge is 0.472 e. The molecule has 0 amide bonds. The van der Waals surface area contributed by atoms with Crippen molar-refractivity contribution in [3.8, 4) is 0 Å². The lowest BCUT2D eigenvalue weighted by Crippen LogP contribution is -2.29. The first-order chi connectivity index (χ1) is 25.3. The first-order valence-electron chi connectivity index (χ1n) is 21.7. The Kier molecular flexibility index (Phi) is 39.3. The van der Waals surface area contributed by atoms with Crippen LogP contribution in [0.15, 0.2) is 12.2 Å². The molecule has 0 aliphatic heterocycles. The molecule has 0 aromatic rings. The van der Waals surface area contributed by atoms with E-state index in [2.05, 4.69) is 26.0 Å². The fourth-order valence-corrected chi connectivity index (χ4v) is 6.91. The molecule has 0 heterocycles. The Labute approximate surface area is 320 Å². The van der Waals surface area contributed by atoms with Gasteiger partial charge in [0.2, 0.25) is 0 Å². The van der Waals surface area contributed by atoms with E-state index >= 15 is 0 Å². The van der Waals surface area contributed by atoms with Crippen LogP contribution in [-0.4, -0.2) is 66.3 Å². The Morgan fingerprint density at radius 3 is 1.46 bits per heavy atom. The molecule has 3 atom stereocenters. The maximum Gasteiger partial charge on any atom is 0.472 e. The molecule has 310 valence electrons. The summed E-state index contributed by atoms with van der Waals surface area (Å²) in [4.78, 5) is 22.6. The molecule has 0 aliphatic carbocycles. The van der Waals surface area contributed by atoms with Gasteiger partial charge in [0.05, 0.1) is 26.4 Å². The summed E-state index contributed by atoms with van der Waals surface area (Å²) in [6, 6.07) is 0. The molecular weight excluding hydrogens is 679 g/mol. The second-order valence-corrected chi connectivity index (χ2v) is 16.2. The lowest BCUT2D eigenvalue weighted by molar-refractivity contribution is -0.154. The van der Waals surface area contributed by atoms with Gasteiger partial charge in [0.15, 0.2) is 0 Å². The number of aliphatic hydroxyl groups is 2. The third-order valence-electron chi connectivity index (χ3n) is 9.45. The van der Waals surface area contributed by atoms with Gasteiger partial charge in [0, 0.05) is 13.0 Å². The van der Waals surface area contributed by atoms with Crippen molar-refractivity contribution in [2.45, 2.75) is 219 Å². The smallest absolute Gasteiger partial charge is 0.457 e. The lowest BCUT2D eigenvalue weighted by Gasteiger charge is -2.20. The van der Waals surface area contributed by atoms with Gasteiger partial charge in [-0.15, -0.1) is 0 Å². The lowest BCUT2D eigenvalue weighted by atomic mass is 10.0. The van der Waals surface area contributed by atoms with Crippen LogP contribution in [0.3, 0.4) is 0 Å². The molecule has 0 bridgehead atoms. The number of carbonyl (C=O) groups is 1. The zero-order valence-corrected chi connectivity index (χ0v) is 34.7. The van der Waals surface area contributed by atoms with Crippen LogP contribution >= 0.6 is 7.82 Å². The zero-order valence-electron chi connectivity index (χ0n) is 33.8. The summed E-state index contributed by atoms with van der Waals surface area (Å²) in [5, 5.41) is 18.3. The van der Waals surface area contributed by atoms with E-state index < -0.39 is 33.2 Å². The highest BCUT2D eigenvalue weighted by atomic mass is 31.2. The Balaban J connectivity index is 4.14. The van der Waals surface area contributed by atoms with Crippen molar-refractivity contribution in [2.75, 3.05) is 33.0 Å². The number of esters is 1. The summed E-state index contributed by atoms with van der Waals surface area (Å²) in [5.41, 5.74) is 0. The van der Waals surface area contributed by atoms with Gasteiger partial charge in [-0.25, -0.2) is 4.57 Å². The van der Waals surface area contributed by atoms with Gasteiger partial charge in [0.25, 0.3) is 0 Å². The summed E-state index contributed by atoms with van der Waals surface area (Å²) < 4.78 is 33.3. The van der Waals surface area contributed by atoms with Gasteiger partial charge in [-0.05, 0) is 38.5 Å². The number of unbranched alkanes of at least 4 members (excludes halogenated alkanes) is 26. The fraction of sp³-hybridized carbons (Fsp3) is 0.929. The molecule has 10 heteroatoms. The topological polar surface area (TPSA) is 132 Å². The normalized spacial score (nSPS) is 14.2. The van der Waals surface area contributed by atoms with Crippen molar-refractivity contribution >= 4 is 13.8 Å². The fourth-order valence-electron chi connectivity index (χ4n) is 6.12. The molecule has 3 unspecified atom stereocenters. The maximum absolute atomic E-state index is 12.6. The highest BCUT2D eigenvalue weighted by Crippen LogP contribution is 2.43. The Morgan fingerprint density at radius 2 is 0.981 bits per heavy atom. The summed E-state index contributed by atoms with van der Waals surface area (Å²) in [5.74, 6) is -0.381. The summed E-state index contributed by atoms with van der Waals surface area (Å²) in [6.45, 7) is 3.53. The minimum Gasteiger partial charge on any atom is -0.457 e. The van der Waals surface area contributed by atoms with Crippen molar-refractivity contribution in [3.05, 3.63) is 12.2 Å². The second-order valence-electron chi connectivity index (χ2n) is 14.7. The Bertz CT molecular complexity index is 825. The quantitative estimate of drug-likeness (QED) is 0.0241. The Morgan fingerprint density at radius 1 is 0.577 bits per heavy atom. The van der Waals surface area contributed by atoms with Gasteiger partial charge in [-0.3, -0.25) is 13.8 Å². The predicted octanol–water partition coefficient (Wildman–Crippen LogP) is 11.7. The van der Waals surface area contributed by atoms with Crippen molar-refractivity contribution in [3.63, 3.8) is 0 Å². The first-order valence-corrected chi connectivity index (χ1v) is 23.2. The van der Waals surface area contributed by atoms with E-state index in [0.29, 0.717) is 6.61 Å². The average molecular weight is 763 g/mol. The average Bonchev–Trinajstić information content (AvgIpc) is 3.13. The molecule has 3 N–H and O–H groups in total. The van der Waals surface area contributed by atoms with Gasteiger partial charge in [0.1, 0.15) is 12.2 Å². The third kappa shape index (κ3) is 38.9. The van der Waals surface area contributed by atoms with Crippen LogP contribution in [0.1, 0.15) is 206 Å². The van der Waals surface area contributed by atoms with Gasteiger partial charge in [-0.1, -0.05) is 174 Å². The molecule has 52 heavy (non-hydrogen) atoms. The SMILES string of the molecule is CCCCCC/C=C\CCCCCCCCOCC(COP(=O)(O)OCC(O)CO)OC(=O)CCCCCCCCCCCCCCCCCCC. The van der Waals surface area contributed by atoms with Crippen LogP contribution in [0.5, 0.6) is 0 Å². The number of allylic oxidation sites excluding steroid dienone is 2. The first kappa shape index (κ1) is 51.2. The Hall–Kier alpha value is -0.800. The van der Waals surface area contributed by atoms with Crippen molar-refractivity contribution in [1.29, 1.82) is 0 Å². The molecule has 9 nitrogen and oxygen atoms in total. The van der Waals surface area contributed by atoms with E-state index in [9.17, 15) is 19.4 Å². The van der Waals surface area contributed by atoms with Gasteiger partial charge in [-0.2, -0.15) is 0 Å². The molecule has 0 spiro atoms. The minimum atomic E-state index is -4.51. The highest BCUT2D eigenvalue weighted by molar-refractivity contribution is 7.47. The number of hydrogen-bond acceptors (Lipinski definition) is 8. The van der Waals surface area contributed by atoms with Crippen LogP contribution in [0.25, 0.3) is 0 Å². The molecule has 0 aromatic carbocycles. The molecule has 0 aromatic heterocycles. The standard InChI is InChI=1S/C42H83O9P/c1-3-5-7-9-11-13-15-17-19-20-21-22-24-26-28-30-32-34-42(45)51-41(39-50-52(46,47)49-37-40(44)36-43)38-48-35-33-31-29-27-25-23-18-16-14-12-10-8-6-4-2/h14,16,40-41,43-44H,3-13,15,17-39H2,1-2H3,(H,46,47)/b16-14-. The van der Waals surface area contributed by atoms with E-state index in [-0.39, 0.29) is 25.6 Å². The molecular formula is C42H83O9P. The van der Waals surface area contributed by atoms with E-state index in [1.807, 2.05) is 0 Å². The molecule has 0 rings (SSSR count). The van der Waals surface area contributed by atoms with Crippen LogP contribution in [0, 0.1) is 0 Å². The number of rotatable bonds is 42. The maximum atomic E-state index is 12.6. The van der Waals surface area contributed by atoms with Gasteiger partial charge < -0.3 is 24.6 Å². The summed E-state index contributed by atoms with van der Waals surface area (Å²) in [6.07, 6.45) is 38.8. The number of hydrogen-bond donors (Lipinski definition) is 3. The monoisotopic (exact) mass is 763 g/mol. The molecule has 0 fully saturated rings. The van der Waals surface area contributed by atoms with Crippen LogP contribution in [0.4, 0.5) is 0 Å².